The van der Waals surface area contributed by atoms with Crippen molar-refractivity contribution in [3.8, 4) is 17.9 Å². The van der Waals surface area contributed by atoms with Crippen LogP contribution < -0.4 is 0 Å². The molecular weight excluding hydrogens is 171 g/mol. The molecule has 0 atom stereocenters. The van der Waals surface area contributed by atoms with Crippen molar-refractivity contribution in [1.82, 2.24) is 0 Å². The summed E-state index contributed by atoms with van der Waals surface area (Å²) in [5.74, 6) is -0.940. The maximum Gasteiger partial charge on any atom is 0.137 e. The quantitative estimate of drug-likeness (QED) is 0.704. The monoisotopic (exact) mass is 176 g/mol. The molecule has 0 spiro atoms. The number of hydrogen-bond donors (Lipinski definition) is 1. The van der Waals surface area contributed by atoms with Crippen LogP contribution in [0.2, 0.25) is 0 Å². The van der Waals surface area contributed by atoms with E-state index in [9.17, 15) is 9.50 Å². The van der Waals surface area contributed by atoms with Crippen LogP contribution in [0, 0.1) is 28.5 Å². The molecule has 0 radical (unpaired) electrons. The summed E-state index contributed by atoms with van der Waals surface area (Å²) in [7, 11) is 0. The second-order valence-corrected chi connectivity index (χ2v) is 2.41. The van der Waals surface area contributed by atoms with Gasteiger partial charge in [-0.05, 0) is 12.1 Å². The summed E-state index contributed by atoms with van der Waals surface area (Å²) >= 11 is 0. The number of halogens is 1. The topological polar surface area (TPSA) is 67.8 Å². The van der Waals surface area contributed by atoms with E-state index in [4.69, 9.17) is 10.5 Å². The third kappa shape index (κ3) is 1.74. The molecule has 0 unspecified atom stereocenters. The largest absolute Gasteiger partial charge is 0.506 e. The standard InChI is InChI=1S/C9H5FN2O/c10-8-3-6(1-2-11)9(13)7(4-8)5-12/h3-4,13H,1H2. The molecule has 0 saturated carbocycles. The van der Waals surface area contributed by atoms with Gasteiger partial charge < -0.3 is 5.11 Å². The van der Waals surface area contributed by atoms with E-state index in [-0.39, 0.29) is 23.3 Å². The van der Waals surface area contributed by atoms with Gasteiger partial charge in [-0.25, -0.2) is 4.39 Å². The van der Waals surface area contributed by atoms with Gasteiger partial charge >= 0.3 is 0 Å². The minimum atomic E-state index is -0.625. The van der Waals surface area contributed by atoms with E-state index < -0.39 is 5.82 Å². The van der Waals surface area contributed by atoms with Crippen molar-refractivity contribution in [2.75, 3.05) is 0 Å². The lowest BCUT2D eigenvalue weighted by Gasteiger charge is -2.01. The van der Waals surface area contributed by atoms with Crippen molar-refractivity contribution in [2.45, 2.75) is 6.42 Å². The number of nitrogens with zero attached hydrogens (tertiary/aromatic N) is 2. The number of nitriles is 2. The van der Waals surface area contributed by atoms with Crippen LogP contribution in [0.15, 0.2) is 12.1 Å². The highest BCUT2D eigenvalue weighted by Gasteiger charge is 2.08. The fourth-order valence-electron chi connectivity index (χ4n) is 0.961. The Morgan fingerprint density at radius 2 is 2.08 bits per heavy atom. The number of hydrogen-bond acceptors (Lipinski definition) is 3. The van der Waals surface area contributed by atoms with Crippen LogP contribution in [0.1, 0.15) is 11.1 Å². The SMILES string of the molecule is N#CCc1cc(F)cc(C#N)c1O. The van der Waals surface area contributed by atoms with E-state index in [2.05, 4.69) is 0 Å². The van der Waals surface area contributed by atoms with E-state index in [1.807, 2.05) is 0 Å². The predicted octanol–water partition coefficient (Wildman–Crippen LogP) is 1.47. The first-order valence-electron chi connectivity index (χ1n) is 3.47. The van der Waals surface area contributed by atoms with Gasteiger partial charge in [0.05, 0.1) is 18.1 Å². The van der Waals surface area contributed by atoms with E-state index in [0.717, 1.165) is 12.1 Å². The maximum absolute atomic E-state index is 12.7. The van der Waals surface area contributed by atoms with Crippen molar-refractivity contribution in [1.29, 1.82) is 10.5 Å². The lowest BCUT2D eigenvalue weighted by Crippen LogP contribution is -1.89. The summed E-state index contributed by atoms with van der Waals surface area (Å²) in [4.78, 5) is 0. The third-order valence-electron chi connectivity index (χ3n) is 1.54. The zero-order valence-electron chi connectivity index (χ0n) is 6.58. The van der Waals surface area contributed by atoms with Crippen molar-refractivity contribution < 1.29 is 9.50 Å². The zero-order valence-corrected chi connectivity index (χ0v) is 6.58. The Morgan fingerprint density at radius 3 is 2.62 bits per heavy atom. The number of benzene rings is 1. The van der Waals surface area contributed by atoms with Gasteiger partial charge in [0.15, 0.2) is 0 Å². The van der Waals surface area contributed by atoms with E-state index in [1.54, 1.807) is 12.1 Å². The second-order valence-electron chi connectivity index (χ2n) is 2.41. The van der Waals surface area contributed by atoms with Crippen LogP contribution in [0.5, 0.6) is 5.75 Å². The molecular formula is C9H5FN2O. The van der Waals surface area contributed by atoms with Gasteiger partial charge in [0, 0.05) is 5.56 Å². The van der Waals surface area contributed by atoms with Crippen LogP contribution in [0.3, 0.4) is 0 Å². The Hall–Kier alpha value is -2.07. The Kier molecular flexibility index (Phi) is 2.47. The lowest BCUT2D eigenvalue weighted by atomic mass is 10.1. The first-order chi connectivity index (χ1) is 6.19. The minimum Gasteiger partial charge on any atom is -0.506 e. The number of aromatic hydroxyl groups is 1. The number of rotatable bonds is 1. The average molecular weight is 176 g/mol. The van der Waals surface area contributed by atoms with Crippen molar-refractivity contribution in [2.24, 2.45) is 0 Å². The minimum absolute atomic E-state index is 0.113. The zero-order chi connectivity index (χ0) is 9.84. The second kappa shape index (κ2) is 3.55. The van der Waals surface area contributed by atoms with Crippen LogP contribution in [0.25, 0.3) is 0 Å². The molecule has 0 aromatic heterocycles. The molecule has 0 aliphatic carbocycles. The van der Waals surface area contributed by atoms with Crippen molar-refractivity contribution in [3.63, 3.8) is 0 Å². The Bertz CT molecular complexity index is 415. The van der Waals surface area contributed by atoms with Gasteiger partial charge in [-0.1, -0.05) is 0 Å². The molecule has 0 aliphatic heterocycles. The summed E-state index contributed by atoms with van der Waals surface area (Å²) in [5.41, 5.74) is -0.00991. The van der Waals surface area contributed by atoms with Gasteiger partial charge in [-0.15, -0.1) is 0 Å². The highest BCUT2D eigenvalue weighted by atomic mass is 19.1. The van der Waals surface area contributed by atoms with E-state index in [0.29, 0.717) is 0 Å². The molecule has 1 aromatic carbocycles. The fraction of sp³-hybridized carbons (Fsp3) is 0.111. The molecule has 1 rings (SSSR count). The van der Waals surface area contributed by atoms with Crippen LogP contribution in [0.4, 0.5) is 4.39 Å². The Labute approximate surface area is 74.3 Å². The molecule has 0 aliphatic rings. The Balaban J connectivity index is 3.31. The number of phenols is 1. The Morgan fingerprint density at radius 1 is 1.38 bits per heavy atom. The molecule has 64 valence electrons. The smallest absolute Gasteiger partial charge is 0.137 e. The summed E-state index contributed by atoms with van der Waals surface area (Å²) < 4.78 is 12.7. The normalized spacial score (nSPS) is 8.85. The molecule has 13 heavy (non-hydrogen) atoms. The van der Waals surface area contributed by atoms with Crippen LogP contribution in [-0.4, -0.2) is 5.11 Å². The molecule has 4 heteroatoms. The molecule has 0 heterocycles. The van der Waals surface area contributed by atoms with Gasteiger partial charge in [0.25, 0.3) is 0 Å². The first kappa shape index (κ1) is 9.02. The summed E-state index contributed by atoms with van der Waals surface area (Å²) in [5, 5.41) is 26.1. The van der Waals surface area contributed by atoms with Gasteiger partial charge in [-0.2, -0.15) is 10.5 Å². The van der Waals surface area contributed by atoms with Gasteiger partial charge in [0.1, 0.15) is 17.6 Å². The van der Waals surface area contributed by atoms with Crippen molar-refractivity contribution in [3.05, 3.63) is 29.1 Å². The summed E-state index contributed by atoms with van der Waals surface area (Å²) in [6.07, 6.45) is -0.113. The van der Waals surface area contributed by atoms with Crippen molar-refractivity contribution >= 4 is 0 Å². The van der Waals surface area contributed by atoms with Crippen LogP contribution >= 0.6 is 0 Å². The molecule has 0 saturated heterocycles. The summed E-state index contributed by atoms with van der Waals surface area (Å²) in [6.45, 7) is 0. The highest BCUT2D eigenvalue weighted by molar-refractivity contribution is 5.48. The average Bonchev–Trinajstić information content (AvgIpc) is 2.11. The lowest BCUT2D eigenvalue weighted by molar-refractivity contribution is 0.465. The number of phenolic OH excluding ortho intramolecular Hbond substituents is 1. The molecule has 1 aromatic rings. The molecule has 0 fully saturated rings. The predicted molar refractivity (Wildman–Crippen MR) is 42.1 cm³/mol. The van der Waals surface area contributed by atoms with E-state index in [1.165, 1.54) is 0 Å². The van der Waals surface area contributed by atoms with Crippen LogP contribution in [-0.2, 0) is 6.42 Å². The summed E-state index contributed by atoms with van der Waals surface area (Å²) in [6, 6.07) is 5.37. The van der Waals surface area contributed by atoms with Gasteiger partial charge in [0.2, 0.25) is 0 Å². The molecule has 0 amide bonds. The first-order valence-corrected chi connectivity index (χ1v) is 3.47. The van der Waals surface area contributed by atoms with Gasteiger partial charge in [-0.3, -0.25) is 0 Å². The van der Waals surface area contributed by atoms with E-state index >= 15 is 0 Å². The fourth-order valence-corrected chi connectivity index (χ4v) is 0.961. The highest BCUT2D eigenvalue weighted by Crippen LogP contribution is 2.23. The molecule has 1 N–H and O–H groups in total. The molecule has 3 nitrogen and oxygen atoms in total. The maximum atomic E-state index is 12.7. The molecule has 0 bridgehead atoms. The third-order valence-corrected chi connectivity index (χ3v) is 1.54.